The second-order valence-corrected chi connectivity index (χ2v) is 5.96. The highest BCUT2D eigenvalue weighted by molar-refractivity contribution is 5.60. The molecule has 1 aromatic carbocycles. The third-order valence-electron chi connectivity index (χ3n) is 4.80. The van der Waals surface area contributed by atoms with Gasteiger partial charge in [0.25, 0.3) is 0 Å². The van der Waals surface area contributed by atoms with E-state index in [1.54, 1.807) is 7.11 Å². The van der Waals surface area contributed by atoms with Gasteiger partial charge in [0.15, 0.2) is 0 Å². The zero-order chi connectivity index (χ0) is 12.5. The van der Waals surface area contributed by atoms with Crippen molar-refractivity contribution in [1.82, 2.24) is 0 Å². The summed E-state index contributed by atoms with van der Waals surface area (Å²) < 4.78 is 5.36. The van der Waals surface area contributed by atoms with Gasteiger partial charge in [0.1, 0.15) is 5.75 Å². The summed E-state index contributed by atoms with van der Waals surface area (Å²) in [4.78, 5) is 0. The normalized spacial score (nSPS) is 30.7. The first kappa shape index (κ1) is 11.9. The standard InChI is InChI=1S/C16H23NO/c1-11-3-5-12(6-4-11)15-10-17-16-8-7-13(18-2)9-14(15)16/h7-9,11-12,15,17H,3-6,10H2,1-2H3. The molecule has 0 spiro atoms. The Morgan fingerprint density at radius 2 is 1.94 bits per heavy atom. The number of rotatable bonds is 2. The van der Waals surface area contributed by atoms with Crippen molar-refractivity contribution < 1.29 is 4.74 Å². The molecule has 0 amide bonds. The molecular formula is C16H23NO. The maximum atomic E-state index is 5.36. The van der Waals surface area contributed by atoms with Crippen molar-refractivity contribution in [3.8, 4) is 5.75 Å². The van der Waals surface area contributed by atoms with E-state index in [1.165, 1.54) is 36.9 Å². The van der Waals surface area contributed by atoms with E-state index in [9.17, 15) is 0 Å². The summed E-state index contributed by atoms with van der Waals surface area (Å²) in [5.74, 6) is 3.48. The van der Waals surface area contributed by atoms with Crippen LogP contribution in [0.15, 0.2) is 18.2 Å². The molecule has 0 bridgehead atoms. The predicted octanol–water partition coefficient (Wildman–Crippen LogP) is 4.03. The fourth-order valence-corrected chi connectivity index (χ4v) is 3.57. The molecule has 2 heteroatoms. The van der Waals surface area contributed by atoms with Gasteiger partial charge in [0.05, 0.1) is 7.11 Å². The quantitative estimate of drug-likeness (QED) is 0.849. The second kappa shape index (κ2) is 4.83. The molecule has 1 fully saturated rings. The average Bonchev–Trinajstić information content (AvgIpc) is 2.82. The van der Waals surface area contributed by atoms with E-state index in [0.717, 1.165) is 24.1 Å². The van der Waals surface area contributed by atoms with E-state index in [1.807, 2.05) is 0 Å². The molecule has 1 aliphatic heterocycles. The Morgan fingerprint density at radius 1 is 1.17 bits per heavy atom. The van der Waals surface area contributed by atoms with Crippen LogP contribution in [0.25, 0.3) is 0 Å². The van der Waals surface area contributed by atoms with Crippen LogP contribution < -0.4 is 10.1 Å². The summed E-state index contributed by atoms with van der Waals surface area (Å²) >= 11 is 0. The van der Waals surface area contributed by atoms with Crippen molar-refractivity contribution in [2.24, 2.45) is 11.8 Å². The number of hydrogen-bond acceptors (Lipinski definition) is 2. The smallest absolute Gasteiger partial charge is 0.119 e. The maximum absolute atomic E-state index is 5.36. The van der Waals surface area contributed by atoms with Crippen LogP contribution in [-0.2, 0) is 0 Å². The van der Waals surface area contributed by atoms with Crippen LogP contribution in [0.3, 0.4) is 0 Å². The average molecular weight is 245 g/mol. The molecule has 1 aromatic rings. The maximum Gasteiger partial charge on any atom is 0.119 e. The fraction of sp³-hybridized carbons (Fsp3) is 0.625. The Kier molecular flexibility index (Phi) is 3.19. The van der Waals surface area contributed by atoms with E-state index < -0.39 is 0 Å². The van der Waals surface area contributed by atoms with Crippen molar-refractivity contribution in [3.05, 3.63) is 23.8 Å². The molecule has 1 heterocycles. The third-order valence-corrected chi connectivity index (χ3v) is 4.80. The lowest BCUT2D eigenvalue weighted by Crippen LogP contribution is -2.20. The molecule has 1 N–H and O–H groups in total. The van der Waals surface area contributed by atoms with Gasteiger partial charge in [0.2, 0.25) is 0 Å². The molecule has 0 radical (unpaired) electrons. The minimum atomic E-state index is 0.697. The van der Waals surface area contributed by atoms with Crippen molar-refractivity contribution in [3.63, 3.8) is 0 Å². The topological polar surface area (TPSA) is 21.3 Å². The largest absolute Gasteiger partial charge is 0.497 e. The molecule has 0 aromatic heterocycles. The van der Waals surface area contributed by atoms with Crippen LogP contribution in [0.4, 0.5) is 5.69 Å². The minimum Gasteiger partial charge on any atom is -0.497 e. The highest BCUT2D eigenvalue weighted by Gasteiger charge is 2.32. The van der Waals surface area contributed by atoms with Gasteiger partial charge in [-0.3, -0.25) is 0 Å². The minimum absolute atomic E-state index is 0.697. The van der Waals surface area contributed by atoms with Gasteiger partial charge in [-0.1, -0.05) is 19.8 Å². The van der Waals surface area contributed by atoms with Crippen LogP contribution in [0.1, 0.15) is 44.1 Å². The SMILES string of the molecule is COc1ccc2c(c1)C(C1CCC(C)CC1)CN2. The highest BCUT2D eigenvalue weighted by Crippen LogP contribution is 2.44. The van der Waals surface area contributed by atoms with Gasteiger partial charge in [0, 0.05) is 18.2 Å². The fourth-order valence-electron chi connectivity index (χ4n) is 3.57. The predicted molar refractivity (Wildman–Crippen MR) is 75.3 cm³/mol. The first-order valence-electron chi connectivity index (χ1n) is 7.19. The number of methoxy groups -OCH3 is 1. The Balaban J connectivity index is 1.81. The van der Waals surface area contributed by atoms with Gasteiger partial charge in [-0.25, -0.2) is 0 Å². The van der Waals surface area contributed by atoms with E-state index in [4.69, 9.17) is 4.74 Å². The van der Waals surface area contributed by atoms with Gasteiger partial charge in [-0.15, -0.1) is 0 Å². The first-order valence-corrected chi connectivity index (χ1v) is 7.19. The van der Waals surface area contributed by atoms with Gasteiger partial charge in [-0.2, -0.15) is 0 Å². The monoisotopic (exact) mass is 245 g/mol. The summed E-state index contributed by atoms with van der Waals surface area (Å²) in [6, 6.07) is 6.45. The Hall–Kier alpha value is -1.18. The van der Waals surface area contributed by atoms with E-state index in [2.05, 4.69) is 30.4 Å². The number of benzene rings is 1. The zero-order valence-corrected chi connectivity index (χ0v) is 11.4. The molecular weight excluding hydrogens is 222 g/mol. The molecule has 0 saturated heterocycles. The van der Waals surface area contributed by atoms with Crippen LogP contribution >= 0.6 is 0 Å². The van der Waals surface area contributed by atoms with E-state index >= 15 is 0 Å². The molecule has 1 unspecified atom stereocenters. The second-order valence-electron chi connectivity index (χ2n) is 5.96. The number of fused-ring (bicyclic) bond motifs is 1. The van der Waals surface area contributed by atoms with Crippen LogP contribution in [0.5, 0.6) is 5.75 Å². The van der Waals surface area contributed by atoms with Crippen LogP contribution in [-0.4, -0.2) is 13.7 Å². The molecule has 2 aliphatic rings. The number of anilines is 1. The third kappa shape index (κ3) is 2.09. The van der Waals surface area contributed by atoms with Gasteiger partial charge >= 0.3 is 0 Å². The Labute approximate surface area is 110 Å². The Bertz CT molecular complexity index is 421. The van der Waals surface area contributed by atoms with Crippen molar-refractivity contribution in [1.29, 1.82) is 0 Å². The molecule has 98 valence electrons. The summed E-state index contributed by atoms with van der Waals surface area (Å²) in [6.07, 6.45) is 5.59. The Morgan fingerprint density at radius 3 is 2.67 bits per heavy atom. The lowest BCUT2D eigenvalue weighted by Gasteiger charge is -2.30. The van der Waals surface area contributed by atoms with Crippen LogP contribution in [0, 0.1) is 11.8 Å². The first-order chi connectivity index (χ1) is 8.78. The van der Waals surface area contributed by atoms with Crippen LogP contribution in [0.2, 0.25) is 0 Å². The summed E-state index contributed by atoms with van der Waals surface area (Å²) in [5.41, 5.74) is 2.80. The van der Waals surface area contributed by atoms with Crippen molar-refractivity contribution in [2.75, 3.05) is 19.0 Å². The molecule has 2 nitrogen and oxygen atoms in total. The lowest BCUT2D eigenvalue weighted by atomic mass is 9.74. The van der Waals surface area contributed by atoms with E-state index in [-0.39, 0.29) is 0 Å². The number of hydrogen-bond donors (Lipinski definition) is 1. The molecule has 1 aliphatic carbocycles. The highest BCUT2D eigenvalue weighted by atomic mass is 16.5. The zero-order valence-electron chi connectivity index (χ0n) is 11.4. The van der Waals surface area contributed by atoms with Crippen molar-refractivity contribution >= 4 is 5.69 Å². The van der Waals surface area contributed by atoms with Gasteiger partial charge < -0.3 is 10.1 Å². The molecule has 18 heavy (non-hydrogen) atoms. The van der Waals surface area contributed by atoms with E-state index in [0.29, 0.717) is 5.92 Å². The van der Waals surface area contributed by atoms with Crippen molar-refractivity contribution in [2.45, 2.75) is 38.5 Å². The summed E-state index contributed by atoms with van der Waals surface area (Å²) in [7, 11) is 1.75. The van der Waals surface area contributed by atoms with Gasteiger partial charge in [-0.05, 0) is 48.4 Å². The molecule has 1 atom stereocenters. The number of nitrogens with one attached hydrogen (secondary N) is 1. The summed E-state index contributed by atoms with van der Waals surface area (Å²) in [5, 5.41) is 3.55. The number of ether oxygens (including phenoxy) is 1. The molecule has 3 rings (SSSR count). The summed E-state index contributed by atoms with van der Waals surface area (Å²) in [6.45, 7) is 3.50. The lowest BCUT2D eigenvalue weighted by molar-refractivity contribution is 0.261. The molecule has 1 saturated carbocycles.